The maximum Gasteiger partial charge on any atom is 0.233 e. The summed E-state index contributed by atoms with van der Waals surface area (Å²) in [6, 6.07) is 17.9. The average Bonchev–Trinajstić information content (AvgIpc) is 3.00. The Hall–Kier alpha value is -2.80. The molecule has 6 nitrogen and oxygen atoms in total. The molecule has 3 aromatic rings. The van der Waals surface area contributed by atoms with Gasteiger partial charge >= 0.3 is 0 Å². The molecule has 0 radical (unpaired) electrons. The van der Waals surface area contributed by atoms with Crippen molar-refractivity contribution in [1.82, 2.24) is 19.7 Å². The van der Waals surface area contributed by atoms with Crippen LogP contribution >= 0.6 is 11.8 Å². The summed E-state index contributed by atoms with van der Waals surface area (Å²) in [7, 11) is 0. The number of amides is 1. The molecule has 1 amide bonds. The van der Waals surface area contributed by atoms with Crippen LogP contribution in [0.25, 0.3) is 5.69 Å². The molecule has 2 heterocycles. The van der Waals surface area contributed by atoms with E-state index in [1.165, 1.54) is 24.6 Å². The van der Waals surface area contributed by atoms with Gasteiger partial charge in [-0.05, 0) is 43.5 Å². The summed E-state index contributed by atoms with van der Waals surface area (Å²) in [6.07, 6.45) is 4.61. The van der Waals surface area contributed by atoms with Gasteiger partial charge in [0.25, 0.3) is 0 Å². The zero-order chi connectivity index (χ0) is 21.5. The molecule has 0 aliphatic carbocycles. The van der Waals surface area contributed by atoms with Crippen LogP contribution in [0.3, 0.4) is 0 Å². The van der Waals surface area contributed by atoms with Gasteiger partial charge in [-0.3, -0.25) is 9.36 Å². The lowest BCUT2D eigenvalue weighted by Gasteiger charge is -2.20. The maximum absolute atomic E-state index is 12.7. The lowest BCUT2D eigenvalue weighted by molar-refractivity contribution is -0.128. The molecule has 0 N–H and O–H groups in total. The van der Waals surface area contributed by atoms with Crippen molar-refractivity contribution in [3.63, 3.8) is 0 Å². The van der Waals surface area contributed by atoms with Crippen LogP contribution in [0.5, 0.6) is 5.75 Å². The number of hydrogen-bond acceptors (Lipinski definition) is 5. The van der Waals surface area contributed by atoms with Crippen molar-refractivity contribution in [3.05, 3.63) is 66.0 Å². The smallest absolute Gasteiger partial charge is 0.233 e. The minimum Gasteiger partial charge on any atom is -0.485 e. The molecule has 0 spiro atoms. The van der Waals surface area contributed by atoms with Crippen LogP contribution < -0.4 is 4.74 Å². The fourth-order valence-corrected chi connectivity index (χ4v) is 4.60. The van der Waals surface area contributed by atoms with Gasteiger partial charge in [-0.1, -0.05) is 61.0 Å². The van der Waals surface area contributed by atoms with Crippen LogP contribution in [-0.2, 0) is 11.4 Å². The molecule has 1 fully saturated rings. The van der Waals surface area contributed by atoms with Gasteiger partial charge < -0.3 is 9.64 Å². The molecule has 1 saturated heterocycles. The van der Waals surface area contributed by atoms with Gasteiger partial charge in [-0.15, -0.1) is 10.2 Å². The number of aryl methyl sites for hydroxylation is 1. The van der Waals surface area contributed by atoms with Crippen LogP contribution in [0, 0.1) is 6.92 Å². The van der Waals surface area contributed by atoms with E-state index in [1.807, 2.05) is 71.0 Å². The quantitative estimate of drug-likeness (QED) is 0.505. The number of para-hydroxylation sites is 2. The van der Waals surface area contributed by atoms with Gasteiger partial charge in [0.05, 0.1) is 5.75 Å². The van der Waals surface area contributed by atoms with Gasteiger partial charge in [0.2, 0.25) is 5.91 Å². The Balaban J connectivity index is 1.50. The van der Waals surface area contributed by atoms with Crippen molar-refractivity contribution in [1.29, 1.82) is 0 Å². The van der Waals surface area contributed by atoms with Crippen LogP contribution in [0.2, 0.25) is 0 Å². The second-order valence-corrected chi connectivity index (χ2v) is 8.65. The van der Waals surface area contributed by atoms with E-state index < -0.39 is 0 Å². The van der Waals surface area contributed by atoms with E-state index in [2.05, 4.69) is 10.2 Å². The van der Waals surface area contributed by atoms with Crippen LogP contribution in [-0.4, -0.2) is 44.4 Å². The minimum absolute atomic E-state index is 0.173. The molecule has 1 aromatic heterocycles. The lowest BCUT2D eigenvalue weighted by atomic mass is 10.2. The zero-order valence-electron chi connectivity index (χ0n) is 17.9. The van der Waals surface area contributed by atoms with Crippen molar-refractivity contribution in [2.45, 2.75) is 44.4 Å². The standard InChI is InChI=1S/C24H28N4O2S/c1-19-11-7-8-14-21(19)30-17-22-25-26-24(28(22)20-12-5-4-6-13-20)31-18-23(29)27-15-9-2-3-10-16-27/h4-8,11-14H,2-3,9-10,15-18H2,1H3. The van der Waals surface area contributed by atoms with Gasteiger partial charge in [0.15, 0.2) is 11.0 Å². The van der Waals surface area contributed by atoms with E-state index in [-0.39, 0.29) is 5.91 Å². The highest BCUT2D eigenvalue weighted by molar-refractivity contribution is 7.99. The summed E-state index contributed by atoms with van der Waals surface area (Å²) in [5, 5.41) is 9.48. The molecule has 4 rings (SSSR count). The number of likely N-dealkylation sites (tertiary alicyclic amines) is 1. The largest absolute Gasteiger partial charge is 0.485 e. The second-order valence-electron chi connectivity index (χ2n) is 7.71. The van der Waals surface area contributed by atoms with Crippen molar-refractivity contribution < 1.29 is 9.53 Å². The maximum atomic E-state index is 12.7. The fraction of sp³-hybridized carbons (Fsp3) is 0.375. The van der Waals surface area contributed by atoms with Crippen LogP contribution in [0.1, 0.15) is 37.1 Å². The molecule has 0 saturated carbocycles. The molecule has 0 atom stereocenters. The average molecular weight is 437 g/mol. The number of ether oxygens (including phenoxy) is 1. The zero-order valence-corrected chi connectivity index (χ0v) is 18.7. The molecule has 1 aliphatic rings. The van der Waals surface area contributed by atoms with Gasteiger partial charge in [-0.2, -0.15) is 0 Å². The summed E-state index contributed by atoms with van der Waals surface area (Å²) in [6.45, 7) is 4.04. The SMILES string of the molecule is Cc1ccccc1OCc1nnc(SCC(=O)N2CCCCCC2)n1-c1ccccc1. The highest BCUT2D eigenvalue weighted by Crippen LogP contribution is 2.24. The summed E-state index contributed by atoms with van der Waals surface area (Å²) in [4.78, 5) is 14.7. The first-order chi connectivity index (χ1) is 15.2. The molecule has 2 aromatic carbocycles. The minimum atomic E-state index is 0.173. The summed E-state index contributed by atoms with van der Waals surface area (Å²) >= 11 is 1.44. The van der Waals surface area contributed by atoms with Crippen molar-refractivity contribution in [2.24, 2.45) is 0 Å². The summed E-state index contributed by atoms with van der Waals surface area (Å²) < 4.78 is 8.01. The first-order valence-electron chi connectivity index (χ1n) is 10.8. The molecule has 0 unspecified atom stereocenters. The van der Waals surface area contributed by atoms with Crippen molar-refractivity contribution in [3.8, 4) is 11.4 Å². The Morgan fingerprint density at radius 2 is 1.68 bits per heavy atom. The Bertz CT molecular complexity index is 998. The number of carbonyl (C=O) groups is 1. The molecular weight excluding hydrogens is 408 g/mol. The number of nitrogens with zero attached hydrogens (tertiary/aromatic N) is 4. The van der Waals surface area contributed by atoms with Crippen molar-refractivity contribution >= 4 is 17.7 Å². The Labute approximate surface area is 187 Å². The topological polar surface area (TPSA) is 60.3 Å². The van der Waals surface area contributed by atoms with Gasteiger partial charge in [0.1, 0.15) is 12.4 Å². The van der Waals surface area contributed by atoms with E-state index in [4.69, 9.17) is 4.74 Å². The molecule has 162 valence electrons. The predicted molar refractivity (Wildman–Crippen MR) is 123 cm³/mol. The second kappa shape index (κ2) is 10.5. The number of rotatable bonds is 7. The normalized spacial score (nSPS) is 14.3. The number of aromatic nitrogens is 3. The molecule has 31 heavy (non-hydrogen) atoms. The summed E-state index contributed by atoms with van der Waals surface area (Å²) in [5.41, 5.74) is 2.03. The van der Waals surface area contributed by atoms with Gasteiger partial charge in [-0.25, -0.2) is 0 Å². The third-order valence-electron chi connectivity index (χ3n) is 5.45. The van der Waals surface area contributed by atoms with Crippen LogP contribution in [0.15, 0.2) is 59.8 Å². The molecule has 1 aliphatic heterocycles. The monoisotopic (exact) mass is 436 g/mol. The number of carbonyl (C=O) groups excluding carboxylic acids is 1. The lowest BCUT2D eigenvalue weighted by Crippen LogP contribution is -2.33. The third kappa shape index (κ3) is 5.47. The Kier molecular flexibility index (Phi) is 7.25. The number of hydrogen-bond donors (Lipinski definition) is 0. The molecular formula is C24H28N4O2S. The Morgan fingerprint density at radius 3 is 2.42 bits per heavy atom. The third-order valence-corrected chi connectivity index (χ3v) is 6.36. The van der Waals surface area contributed by atoms with Crippen LogP contribution in [0.4, 0.5) is 0 Å². The van der Waals surface area contributed by atoms with E-state index in [0.29, 0.717) is 23.3 Å². The van der Waals surface area contributed by atoms with E-state index in [9.17, 15) is 4.79 Å². The predicted octanol–water partition coefficient (Wildman–Crippen LogP) is 4.65. The van der Waals surface area contributed by atoms with Gasteiger partial charge in [0, 0.05) is 18.8 Å². The highest BCUT2D eigenvalue weighted by Gasteiger charge is 2.20. The number of thioether (sulfide) groups is 1. The van der Waals surface area contributed by atoms with Crippen molar-refractivity contribution in [2.75, 3.05) is 18.8 Å². The number of benzene rings is 2. The molecule has 7 heteroatoms. The fourth-order valence-electron chi connectivity index (χ4n) is 3.72. The van der Waals surface area contributed by atoms with E-state index >= 15 is 0 Å². The first-order valence-corrected chi connectivity index (χ1v) is 11.8. The highest BCUT2D eigenvalue weighted by atomic mass is 32.2. The van der Waals surface area contributed by atoms with E-state index in [1.54, 1.807) is 0 Å². The summed E-state index contributed by atoms with van der Waals surface area (Å²) in [5.74, 6) is 2.07. The first kappa shape index (κ1) is 21.4. The van der Waals surface area contributed by atoms with E-state index in [0.717, 1.165) is 42.9 Å². The molecule has 0 bridgehead atoms. The Morgan fingerprint density at radius 1 is 0.968 bits per heavy atom.